The molecular formula is C11H22O5S. The van der Waals surface area contributed by atoms with Crippen LogP contribution in [0.1, 0.15) is 51.9 Å². The molecule has 0 amide bonds. The highest BCUT2D eigenvalue weighted by molar-refractivity contribution is 7.85. The van der Waals surface area contributed by atoms with Gasteiger partial charge in [-0.2, -0.15) is 8.42 Å². The zero-order valence-corrected chi connectivity index (χ0v) is 11.2. The van der Waals surface area contributed by atoms with Gasteiger partial charge in [0.1, 0.15) is 0 Å². The van der Waals surface area contributed by atoms with E-state index in [9.17, 15) is 13.2 Å². The first-order valence-corrected chi connectivity index (χ1v) is 7.67. The van der Waals surface area contributed by atoms with Crippen molar-refractivity contribution >= 4 is 16.1 Å². The van der Waals surface area contributed by atoms with E-state index in [1.54, 1.807) is 0 Å². The molecule has 1 N–H and O–H groups in total. The summed E-state index contributed by atoms with van der Waals surface area (Å²) in [6.45, 7) is 2.41. The third-order valence-electron chi connectivity index (χ3n) is 2.29. The SMILES string of the molecule is CCCCC(=O)OCCCCCCS(=O)(=O)O. The fourth-order valence-corrected chi connectivity index (χ4v) is 1.89. The normalized spacial score (nSPS) is 11.4. The standard InChI is InChI=1S/C11H22O5S/c1-2-3-8-11(12)16-9-6-4-5-7-10-17(13,14)15/h2-10H2,1H3,(H,13,14,15). The summed E-state index contributed by atoms with van der Waals surface area (Å²) < 4.78 is 34.3. The van der Waals surface area contributed by atoms with Crippen molar-refractivity contribution in [3.05, 3.63) is 0 Å². The van der Waals surface area contributed by atoms with Crippen LogP contribution in [-0.4, -0.2) is 31.3 Å². The highest BCUT2D eigenvalue weighted by Gasteiger charge is 2.04. The Morgan fingerprint density at radius 2 is 1.76 bits per heavy atom. The van der Waals surface area contributed by atoms with Gasteiger partial charge < -0.3 is 4.74 Å². The number of hydrogen-bond acceptors (Lipinski definition) is 4. The molecular weight excluding hydrogens is 244 g/mol. The molecule has 0 fully saturated rings. The van der Waals surface area contributed by atoms with Crippen LogP contribution in [0.15, 0.2) is 0 Å². The van der Waals surface area contributed by atoms with Gasteiger partial charge in [0.05, 0.1) is 12.4 Å². The first-order chi connectivity index (χ1) is 7.95. The molecule has 0 atom stereocenters. The zero-order chi connectivity index (χ0) is 13.1. The number of rotatable bonds is 10. The molecule has 102 valence electrons. The summed E-state index contributed by atoms with van der Waals surface area (Å²) in [6.07, 6.45) is 5.01. The highest BCUT2D eigenvalue weighted by atomic mass is 32.2. The second kappa shape index (κ2) is 9.41. The Kier molecular flexibility index (Phi) is 9.07. The molecule has 0 radical (unpaired) electrons. The van der Waals surface area contributed by atoms with Crippen molar-refractivity contribution in [2.24, 2.45) is 0 Å². The highest BCUT2D eigenvalue weighted by Crippen LogP contribution is 2.03. The average molecular weight is 266 g/mol. The fraction of sp³-hybridized carbons (Fsp3) is 0.909. The van der Waals surface area contributed by atoms with Crippen LogP contribution >= 0.6 is 0 Å². The molecule has 0 aromatic rings. The van der Waals surface area contributed by atoms with Gasteiger partial charge in [-0.3, -0.25) is 9.35 Å². The second-order valence-corrected chi connectivity index (χ2v) is 5.60. The summed E-state index contributed by atoms with van der Waals surface area (Å²) in [6, 6.07) is 0. The van der Waals surface area contributed by atoms with Crippen LogP contribution in [0, 0.1) is 0 Å². The van der Waals surface area contributed by atoms with Gasteiger partial charge in [0.25, 0.3) is 10.1 Å². The molecule has 0 aromatic heterocycles. The van der Waals surface area contributed by atoms with Crippen molar-refractivity contribution in [2.75, 3.05) is 12.4 Å². The predicted molar refractivity (Wildman–Crippen MR) is 65.4 cm³/mol. The summed E-state index contributed by atoms with van der Waals surface area (Å²) in [7, 11) is -3.83. The maximum Gasteiger partial charge on any atom is 0.305 e. The molecule has 6 heteroatoms. The van der Waals surface area contributed by atoms with Gasteiger partial charge in [0.2, 0.25) is 0 Å². The summed E-state index contributed by atoms with van der Waals surface area (Å²) in [4.78, 5) is 11.1. The van der Waals surface area contributed by atoms with Crippen LogP contribution < -0.4 is 0 Å². The Hall–Kier alpha value is -0.620. The summed E-state index contributed by atoms with van der Waals surface area (Å²) in [5, 5.41) is 0. The molecule has 0 aliphatic carbocycles. The molecule has 0 saturated carbocycles. The topological polar surface area (TPSA) is 80.7 Å². The van der Waals surface area contributed by atoms with E-state index < -0.39 is 10.1 Å². The van der Waals surface area contributed by atoms with Crippen molar-refractivity contribution in [3.8, 4) is 0 Å². The van der Waals surface area contributed by atoms with Gasteiger partial charge in [0.15, 0.2) is 0 Å². The minimum absolute atomic E-state index is 0.162. The minimum Gasteiger partial charge on any atom is -0.466 e. The lowest BCUT2D eigenvalue weighted by molar-refractivity contribution is -0.143. The lowest BCUT2D eigenvalue weighted by atomic mass is 10.2. The Morgan fingerprint density at radius 3 is 2.35 bits per heavy atom. The van der Waals surface area contributed by atoms with Crippen molar-refractivity contribution in [2.45, 2.75) is 51.9 Å². The largest absolute Gasteiger partial charge is 0.466 e. The maximum absolute atomic E-state index is 11.1. The lowest BCUT2D eigenvalue weighted by Gasteiger charge is -2.04. The van der Waals surface area contributed by atoms with Crippen molar-refractivity contribution in [1.29, 1.82) is 0 Å². The van der Waals surface area contributed by atoms with Gasteiger partial charge in [-0.05, 0) is 19.3 Å². The first-order valence-electron chi connectivity index (χ1n) is 6.06. The molecule has 0 saturated heterocycles. The van der Waals surface area contributed by atoms with E-state index in [1.165, 1.54) is 0 Å². The Morgan fingerprint density at radius 1 is 1.12 bits per heavy atom. The lowest BCUT2D eigenvalue weighted by Crippen LogP contribution is -2.06. The molecule has 0 spiro atoms. The number of hydrogen-bond donors (Lipinski definition) is 1. The van der Waals surface area contributed by atoms with Gasteiger partial charge in [-0.1, -0.05) is 26.2 Å². The van der Waals surface area contributed by atoms with Crippen LogP contribution in [0.25, 0.3) is 0 Å². The predicted octanol–water partition coefficient (Wildman–Crippen LogP) is 2.17. The molecule has 0 aliphatic heterocycles. The number of esters is 1. The summed E-state index contributed by atoms with van der Waals surface area (Å²) in [5.41, 5.74) is 0. The van der Waals surface area contributed by atoms with Gasteiger partial charge >= 0.3 is 5.97 Å². The van der Waals surface area contributed by atoms with Gasteiger partial charge in [-0.25, -0.2) is 0 Å². The van der Waals surface area contributed by atoms with E-state index in [1.807, 2.05) is 6.92 Å². The number of ether oxygens (including phenoxy) is 1. The van der Waals surface area contributed by atoms with Crippen molar-refractivity contribution < 1.29 is 22.5 Å². The van der Waals surface area contributed by atoms with Gasteiger partial charge in [0, 0.05) is 6.42 Å². The molecule has 0 rings (SSSR count). The maximum atomic E-state index is 11.1. The third-order valence-corrected chi connectivity index (χ3v) is 3.10. The zero-order valence-electron chi connectivity index (χ0n) is 10.4. The van der Waals surface area contributed by atoms with E-state index in [2.05, 4.69) is 0 Å². The molecule has 0 aliphatic rings. The van der Waals surface area contributed by atoms with Crippen LogP contribution in [0.5, 0.6) is 0 Å². The van der Waals surface area contributed by atoms with E-state index in [0.29, 0.717) is 25.9 Å². The Bertz CT molecular complexity index is 297. The number of carbonyl (C=O) groups excluding carboxylic acids is 1. The smallest absolute Gasteiger partial charge is 0.305 e. The minimum atomic E-state index is -3.83. The molecule has 5 nitrogen and oxygen atoms in total. The molecule has 17 heavy (non-hydrogen) atoms. The second-order valence-electron chi connectivity index (χ2n) is 4.02. The van der Waals surface area contributed by atoms with Crippen LogP contribution in [0.4, 0.5) is 0 Å². The third kappa shape index (κ3) is 13.3. The van der Waals surface area contributed by atoms with E-state index >= 15 is 0 Å². The van der Waals surface area contributed by atoms with Crippen molar-refractivity contribution in [3.63, 3.8) is 0 Å². The van der Waals surface area contributed by atoms with E-state index in [0.717, 1.165) is 25.7 Å². The Balaban J connectivity index is 3.26. The molecule has 0 unspecified atom stereocenters. The van der Waals surface area contributed by atoms with Gasteiger partial charge in [-0.15, -0.1) is 0 Å². The van der Waals surface area contributed by atoms with Crippen LogP contribution in [-0.2, 0) is 19.6 Å². The first kappa shape index (κ1) is 16.4. The fourth-order valence-electron chi connectivity index (χ4n) is 1.32. The Labute approximate surface area is 103 Å². The molecule has 0 aromatic carbocycles. The summed E-state index contributed by atoms with van der Waals surface area (Å²) >= 11 is 0. The number of unbranched alkanes of at least 4 members (excludes halogenated alkanes) is 4. The van der Waals surface area contributed by atoms with Crippen molar-refractivity contribution in [1.82, 2.24) is 0 Å². The van der Waals surface area contributed by atoms with E-state index in [4.69, 9.17) is 9.29 Å². The molecule has 0 heterocycles. The monoisotopic (exact) mass is 266 g/mol. The summed E-state index contributed by atoms with van der Waals surface area (Å²) in [5.74, 6) is -0.353. The average Bonchev–Trinajstić information content (AvgIpc) is 2.23. The van der Waals surface area contributed by atoms with Crippen LogP contribution in [0.3, 0.4) is 0 Å². The quantitative estimate of drug-likeness (QED) is 0.372. The number of carbonyl (C=O) groups is 1. The van der Waals surface area contributed by atoms with E-state index in [-0.39, 0.29) is 11.7 Å². The van der Waals surface area contributed by atoms with Crippen LogP contribution in [0.2, 0.25) is 0 Å². The molecule has 0 bridgehead atoms.